The van der Waals surface area contributed by atoms with E-state index in [-0.39, 0.29) is 0 Å². The van der Waals surface area contributed by atoms with Gasteiger partial charge in [-0.1, -0.05) is 5.92 Å². The van der Waals surface area contributed by atoms with E-state index in [0.717, 1.165) is 26.3 Å². The van der Waals surface area contributed by atoms with Gasteiger partial charge < -0.3 is 4.74 Å². The lowest BCUT2D eigenvalue weighted by Gasteiger charge is -2.31. The van der Waals surface area contributed by atoms with Gasteiger partial charge in [0.15, 0.2) is 0 Å². The van der Waals surface area contributed by atoms with Crippen LogP contribution >= 0.6 is 0 Å². The molecule has 0 spiro atoms. The Morgan fingerprint density at radius 1 is 1.64 bits per heavy atom. The molecule has 1 unspecified atom stereocenters. The van der Waals surface area contributed by atoms with E-state index in [0.29, 0.717) is 6.04 Å². The molecule has 2 heteroatoms. The third-order valence-corrected chi connectivity index (χ3v) is 1.96. The fraction of sp³-hybridized carbons (Fsp3) is 0.778. The van der Waals surface area contributed by atoms with Crippen LogP contribution in [-0.4, -0.2) is 37.2 Å². The van der Waals surface area contributed by atoms with Crippen molar-refractivity contribution < 1.29 is 4.74 Å². The highest BCUT2D eigenvalue weighted by atomic mass is 16.5. The first-order valence-electron chi connectivity index (χ1n) is 4.06. The molecule has 0 N–H and O–H groups in total. The van der Waals surface area contributed by atoms with Gasteiger partial charge in [-0.3, -0.25) is 4.90 Å². The maximum absolute atomic E-state index is 5.30. The van der Waals surface area contributed by atoms with Gasteiger partial charge in [-0.2, -0.15) is 0 Å². The lowest BCUT2D eigenvalue weighted by Crippen LogP contribution is -2.43. The zero-order valence-electron chi connectivity index (χ0n) is 7.26. The van der Waals surface area contributed by atoms with E-state index < -0.39 is 0 Å². The molecule has 1 saturated heterocycles. The van der Waals surface area contributed by atoms with Crippen LogP contribution in [0.5, 0.6) is 0 Å². The number of hydrogen-bond donors (Lipinski definition) is 0. The largest absolute Gasteiger partial charge is 0.379 e. The molecule has 0 radical (unpaired) electrons. The molecule has 1 heterocycles. The molecular formula is C9H15NO. The van der Waals surface area contributed by atoms with Gasteiger partial charge >= 0.3 is 0 Å². The Kier molecular flexibility index (Phi) is 3.41. The van der Waals surface area contributed by atoms with Crippen molar-refractivity contribution in [3.63, 3.8) is 0 Å². The van der Waals surface area contributed by atoms with Crippen molar-refractivity contribution in [3.8, 4) is 11.8 Å². The Hall–Kier alpha value is -0.520. The van der Waals surface area contributed by atoms with Gasteiger partial charge in [-0.15, -0.1) is 5.92 Å². The number of rotatable bonds is 1. The molecule has 62 valence electrons. The average molecular weight is 153 g/mol. The van der Waals surface area contributed by atoms with Crippen molar-refractivity contribution in [2.45, 2.75) is 19.9 Å². The van der Waals surface area contributed by atoms with Crippen LogP contribution in [0, 0.1) is 11.8 Å². The highest BCUT2D eigenvalue weighted by Gasteiger charge is 2.16. The standard InChI is InChI=1S/C9H15NO/c1-3-4-5-10-6-7-11-8-9(10)2/h9H,5-8H2,1-2H3. The summed E-state index contributed by atoms with van der Waals surface area (Å²) in [5.74, 6) is 5.97. The van der Waals surface area contributed by atoms with Crippen LogP contribution in [0.15, 0.2) is 0 Å². The Morgan fingerprint density at radius 2 is 2.45 bits per heavy atom. The molecule has 11 heavy (non-hydrogen) atoms. The van der Waals surface area contributed by atoms with Crippen LogP contribution in [0.2, 0.25) is 0 Å². The molecule has 1 aliphatic rings. The zero-order valence-corrected chi connectivity index (χ0v) is 7.26. The molecule has 2 nitrogen and oxygen atoms in total. The summed E-state index contributed by atoms with van der Waals surface area (Å²) < 4.78 is 5.30. The Morgan fingerprint density at radius 3 is 3.09 bits per heavy atom. The highest BCUT2D eigenvalue weighted by Crippen LogP contribution is 2.04. The second-order valence-electron chi connectivity index (χ2n) is 2.82. The molecule has 0 saturated carbocycles. The van der Waals surface area contributed by atoms with Crippen molar-refractivity contribution in [2.24, 2.45) is 0 Å². The number of hydrogen-bond acceptors (Lipinski definition) is 2. The number of ether oxygens (including phenoxy) is 1. The maximum atomic E-state index is 5.30. The van der Waals surface area contributed by atoms with E-state index in [4.69, 9.17) is 4.74 Å². The summed E-state index contributed by atoms with van der Waals surface area (Å²) in [4.78, 5) is 2.35. The Balaban J connectivity index is 2.33. The molecule has 1 atom stereocenters. The second kappa shape index (κ2) is 4.38. The van der Waals surface area contributed by atoms with Crippen LogP contribution in [-0.2, 0) is 4.74 Å². The third-order valence-electron chi connectivity index (χ3n) is 1.96. The van der Waals surface area contributed by atoms with Gasteiger partial charge in [-0.05, 0) is 13.8 Å². The summed E-state index contributed by atoms with van der Waals surface area (Å²) >= 11 is 0. The van der Waals surface area contributed by atoms with Crippen LogP contribution < -0.4 is 0 Å². The van der Waals surface area contributed by atoms with E-state index >= 15 is 0 Å². The minimum absolute atomic E-state index is 0.532. The Bertz CT molecular complexity index is 168. The smallest absolute Gasteiger partial charge is 0.0620 e. The van der Waals surface area contributed by atoms with E-state index in [1.807, 2.05) is 6.92 Å². The van der Waals surface area contributed by atoms with Gasteiger partial charge in [0.05, 0.1) is 19.8 Å². The average Bonchev–Trinajstić information content (AvgIpc) is 2.03. The number of nitrogens with zero attached hydrogens (tertiary/aromatic N) is 1. The second-order valence-corrected chi connectivity index (χ2v) is 2.82. The van der Waals surface area contributed by atoms with Crippen LogP contribution in [0.3, 0.4) is 0 Å². The fourth-order valence-electron chi connectivity index (χ4n) is 1.18. The van der Waals surface area contributed by atoms with Crippen LogP contribution in [0.1, 0.15) is 13.8 Å². The summed E-state index contributed by atoms with van der Waals surface area (Å²) in [5, 5.41) is 0. The highest BCUT2D eigenvalue weighted by molar-refractivity contribution is 4.98. The van der Waals surface area contributed by atoms with Crippen molar-refractivity contribution in [1.29, 1.82) is 0 Å². The molecule has 0 aromatic carbocycles. The van der Waals surface area contributed by atoms with Crippen molar-refractivity contribution >= 4 is 0 Å². The van der Waals surface area contributed by atoms with E-state index in [1.165, 1.54) is 0 Å². The quantitative estimate of drug-likeness (QED) is 0.515. The summed E-state index contributed by atoms with van der Waals surface area (Å²) in [6.07, 6.45) is 0. The Labute approximate surface area is 68.5 Å². The van der Waals surface area contributed by atoms with E-state index in [2.05, 4.69) is 23.7 Å². The summed E-state index contributed by atoms with van der Waals surface area (Å²) in [6, 6.07) is 0.532. The first-order chi connectivity index (χ1) is 5.34. The molecule has 1 fully saturated rings. The van der Waals surface area contributed by atoms with Gasteiger partial charge in [0.25, 0.3) is 0 Å². The number of morpholine rings is 1. The molecule has 1 rings (SSSR count). The van der Waals surface area contributed by atoms with Crippen molar-refractivity contribution in [3.05, 3.63) is 0 Å². The molecule has 0 aromatic rings. The van der Waals surface area contributed by atoms with E-state index in [1.54, 1.807) is 0 Å². The molecule has 0 aliphatic carbocycles. The third kappa shape index (κ3) is 2.53. The summed E-state index contributed by atoms with van der Waals surface area (Å²) in [7, 11) is 0. The van der Waals surface area contributed by atoms with Gasteiger partial charge in [0, 0.05) is 12.6 Å². The minimum Gasteiger partial charge on any atom is -0.379 e. The maximum Gasteiger partial charge on any atom is 0.0620 e. The molecular weight excluding hydrogens is 138 g/mol. The minimum atomic E-state index is 0.532. The van der Waals surface area contributed by atoms with Gasteiger partial charge in [0.1, 0.15) is 0 Å². The zero-order chi connectivity index (χ0) is 8.10. The molecule has 0 bridgehead atoms. The normalized spacial score (nSPS) is 25.8. The van der Waals surface area contributed by atoms with Crippen LogP contribution in [0.4, 0.5) is 0 Å². The monoisotopic (exact) mass is 153 g/mol. The summed E-state index contributed by atoms with van der Waals surface area (Å²) in [5.41, 5.74) is 0. The molecule has 1 aliphatic heterocycles. The predicted molar refractivity (Wildman–Crippen MR) is 45.3 cm³/mol. The first kappa shape index (κ1) is 8.58. The van der Waals surface area contributed by atoms with Crippen LogP contribution in [0.25, 0.3) is 0 Å². The van der Waals surface area contributed by atoms with Crippen molar-refractivity contribution in [1.82, 2.24) is 4.90 Å². The lowest BCUT2D eigenvalue weighted by atomic mass is 10.2. The van der Waals surface area contributed by atoms with E-state index in [9.17, 15) is 0 Å². The molecule has 0 aromatic heterocycles. The topological polar surface area (TPSA) is 12.5 Å². The SMILES string of the molecule is CC#CCN1CCOCC1C. The summed E-state index contributed by atoms with van der Waals surface area (Å²) in [6.45, 7) is 7.68. The van der Waals surface area contributed by atoms with Gasteiger partial charge in [-0.25, -0.2) is 0 Å². The molecule has 0 amide bonds. The predicted octanol–water partition coefficient (Wildman–Crippen LogP) is 0.730. The first-order valence-corrected chi connectivity index (χ1v) is 4.06. The lowest BCUT2D eigenvalue weighted by molar-refractivity contribution is 0.00654. The fourth-order valence-corrected chi connectivity index (χ4v) is 1.18. The van der Waals surface area contributed by atoms with Gasteiger partial charge in [0.2, 0.25) is 0 Å². The van der Waals surface area contributed by atoms with Crippen molar-refractivity contribution in [2.75, 3.05) is 26.3 Å².